The molecule has 0 aromatic carbocycles. The number of nitrogens with one attached hydrogen (secondary N) is 2. The van der Waals surface area contributed by atoms with Crippen LogP contribution in [0.15, 0.2) is 0 Å². The molecule has 1 rings (SSSR count). The number of carboxylic acid groups (broad SMARTS) is 1. The quantitative estimate of drug-likeness (QED) is 0.556. The molecule has 0 aliphatic carbocycles. The van der Waals surface area contributed by atoms with Crippen LogP contribution in [0.3, 0.4) is 0 Å². The highest BCUT2D eigenvalue weighted by atomic mass is 32.2. The van der Waals surface area contributed by atoms with Gasteiger partial charge in [0.15, 0.2) is 0 Å². The van der Waals surface area contributed by atoms with E-state index >= 15 is 0 Å². The summed E-state index contributed by atoms with van der Waals surface area (Å²) < 4.78 is 0. The highest BCUT2D eigenvalue weighted by Gasteiger charge is 2.39. The summed E-state index contributed by atoms with van der Waals surface area (Å²) in [6, 6.07) is 0.389. The number of thioether (sulfide) groups is 1. The summed E-state index contributed by atoms with van der Waals surface area (Å²) in [5.74, 6) is 1.57. The van der Waals surface area contributed by atoms with Crippen LogP contribution in [0.5, 0.6) is 0 Å². The van der Waals surface area contributed by atoms with Gasteiger partial charge in [0.05, 0.1) is 12.0 Å². The van der Waals surface area contributed by atoms with Crippen LogP contribution in [0.2, 0.25) is 0 Å². The molecule has 1 heterocycles. The molecule has 3 N–H and O–H groups in total. The number of rotatable bonds is 8. The molecule has 0 bridgehead atoms. The van der Waals surface area contributed by atoms with E-state index in [0.717, 1.165) is 31.0 Å². The van der Waals surface area contributed by atoms with Crippen molar-refractivity contribution in [2.45, 2.75) is 38.3 Å². The van der Waals surface area contributed by atoms with E-state index in [-0.39, 0.29) is 12.0 Å². The first-order valence-corrected chi connectivity index (χ1v) is 7.01. The van der Waals surface area contributed by atoms with Crippen molar-refractivity contribution in [1.82, 2.24) is 10.6 Å². The second-order valence-corrected chi connectivity index (χ2v) is 5.88. The Morgan fingerprint density at radius 3 is 2.75 bits per heavy atom. The van der Waals surface area contributed by atoms with E-state index in [0.29, 0.717) is 6.04 Å². The molecule has 1 aliphatic rings. The Bertz CT molecular complexity index is 232. The van der Waals surface area contributed by atoms with E-state index < -0.39 is 5.97 Å². The molecule has 0 saturated carbocycles. The zero-order valence-corrected chi connectivity index (χ0v) is 10.9. The van der Waals surface area contributed by atoms with Crippen LogP contribution in [-0.2, 0) is 4.79 Å². The summed E-state index contributed by atoms with van der Waals surface area (Å²) in [6.45, 7) is 5.83. The molecule has 1 aliphatic heterocycles. The highest BCUT2D eigenvalue weighted by molar-refractivity contribution is 7.99. The van der Waals surface area contributed by atoms with Gasteiger partial charge in [-0.25, -0.2) is 0 Å². The summed E-state index contributed by atoms with van der Waals surface area (Å²) in [4.78, 5) is 10.8. The number of hydrogen-bond donors (Lipinski definition) is 3. The van der Waals surface area contributed by atoms with Crippen LogP contribution in [0.4, 0.5) is 0 Å². The lowest BCUT2D eigenvalue weighted by molar-refractivity contribution is -0.139. The molecule has 4 nitrogen and oxygen atoms in total. The highest BCUT2D eigenvalue weighted by Crippen LogP contribution is 2.18. The Kier molecular flexibility index (Phi) is 5.58. The Morgan fingerprint density at radius 2 is 2.31 bits per heavy atom. The molecule has 1 saturated heterocycles. The minimum absolute atomic E-state index is 0.206. The molecule has 0 aromatic heterocycles. The molecule has 1 atom stereocenters. The molecular weight excluding hydrogens is 224 g/mol. The molecular formula is C11H22N2O2S. The average Bonchev–Trinajstić information content (AvgIpc) is 2.14. The number of carbonyl (C=O) groups is 1. The molecule has 0 amide bonds. The van der Waals surface area contributed by atoms with Gasteiger partial charge in [0.1, 0.15) is 0 Å². The summed E-state index contributed by atoms with van der Waals surface area (Å²) in [5, 5.41) is 15.5. The third kappa shape index (κ3) is 4.31. The predicted octanol–water partition coefficient (Wildman–Crippen LogP) is 0.924. The third-order valence-corrected chi connectivity index (χ3v) is 3.80. The van der Waals surface area contributed by atoms with Gasteiger partial charge in [-0.2, -0.15) is 11.8 Å². The molecule has 0 spiro atoms. The smallest absolute Gasteiger partial charge is 0.305 e. The maximum absolute atomic E-state index is 10.8. The van der Waals surface area contributed by atoms with Crippen LogP contribution < -0.4 is 10.6 Å². The lowest BCUT2D eigenvalue weighted by atomic mass is 9.87. The molecule has 1 fully saturated rings. The zero-order chi connectivity index (χ0) is 12.0. The van der Waals surface area contributed by atoms with Crippen molar-refractivity contribution in [3.05, 3.63) is 0 Å². The first-order chi connectivity index (χ1) is 7.58. The molecule has 0 aromatic rings. The van der Waals surface area contributed by atoms with Crippen LogP contribution in [0.25, 0.3) is 0 Å². The van der Waals surface area contributed by atoms with Gasteiger partial charge < -0.3 is 15.7 Å². The minimum atomic E-state index is -0.718. The first kappa shape index (κ1) is 13.8. The Hall–Kier alpha value is -0.260. The standard InChI is InChI=1S/C11H22N2O2S/c1-3-16-5-4-9(2)13-11(6-10(14)15)7-12-8-11/h9,12-13H,3-8H2,1-2H3,(H,14,15). The van der Waals surface area contributed by atoms with Gasteiger partial charge in [-0.05, 0) is 24.9 Å². The molecule has 16 heavy (non-hydrogen) atoms. The fraction of sp³-hybridized carbons (Fsp3) is 0.909. The maximum atomic E-state index is 10.8. The normalized spacial score (nSPS) is 20.1. The first-order valence-electron chi connectivity index (χ1n) is 5.86. The van der Waals surface area contributed by atoms with Gasteiger partial charge in [0.2, 0.25) is 0 Å². The zero-order valence-electron chi connectivity index (χ0n) is 10.1. The van der Waals surface area contributed by atoms with Gasteiger partial charge in [-0.3, -0.25) is 4.79 Å². The van der Waals surface area contributed by atoms with Gasteiger partial charge in [0, 0.05) is 19.1 Å². The average molecular weight is 246 g/mol. The van der Waals surface area contributed by atoms with Crippen molar-refractivity contribution in [3.63, 3.8) is 0 Å². The second-order valence-electron chi connectivity index (χ2n) is 4.49. The third-order valence-electron chi connectivity index (χ3n) is 2.87. The van der Waals surface area contributed by atoms with Gasteiger partial charge >= 0.3 is 5.97 Å². The van der Waals surface area contributed by atoms with E-state index in [2.05, 4.69) is 24.5 Å². The molecule has 5 heteroatoms. The number of aliphatic carboxylic acids is 1. The van der Waals surface area contributed by atoms with Crippen molar-refractivity contribution in [1.29, 1.82) is 0 Å². The Labute approximate surface area is 102 Å². The van der Waals surface area contributed by atoms with Crippen LogP contribution in [-0.4, -0.2) is 47.3 Å². The fourth-order valence-corrected chi connectivity index (χ4v) is 2.80. The van der Waals surface area contributed by atoms with E-state index in [1.54, 1.807) is 0 Å². The second kappa shape index (κ2) is 6.47. The van der Waals surface area contributed by atoms with Gasteiger partial charge in [-0.15, -0.1) is 0 Å². The topological polar surface area (TPSA) is 61.4 Å². The fourth-order valence-electron chi connectivity index (χ4n) is 1.99. The maximum Gasteiger partial charge on any atom is 0.305 e. The Morgan fingerprint density at radius 1 is 1.62 bits per heavy atom. The lowest BCUT2D eigenvalue weighted by Crippen LogP contribution is -2.70. The number of hydrogen-bond acceptors (Lipinski definition) is 4. The summed E-state index contributed by atoms with van der Waals surface area (Å²) in [7, 11) is 0. The van der Waals surface area contributed by atoms with Crippen molar-refractivity contribution in [2.75, 3.05) is 24.6 Å². The van der Waals surface area contributed by atoms with Crippen molar-refractivity contribution in [2.24, 2.45) is 0 Å². The van der Waals surface area contributed by atoms with Crippen LogP contribution in [0, 0.1) is 0 Å². The minimum Gasteiger partial charge on any atom is -0.481 e. The monoisotopic (exact) mass is 246 g/mol. The van der Waals surface area contributed by atoms with E-state index in [9.17, 15) is 4.79 Å². The summed E-state index contributed by atoms with van der Waals surface area (Å²) >= 11 is 1.93. The van der Waals surface area contributed by atoms with Crippen LogP contribution >= 0.6 is 11.8 Å². The number of carboxylic acids is 1. The van der Waals surface area contributed by atoms with Crippen LogP contribution in [0.1, 0.15) is 26.7 Å². The summed E-state index contributed by atoms with van der Waals surface area (Å²) in [6.07, 6.45) is 1.31. The summed E-state index contributed by atoms with van der Waals surface area (Å²) in [5.41, 5.74) is -0.206. The van der Waals surface area contributed by atoms with E-state index in [4.69, 9.17) is 5.11 Å². The largest absolute Gasteiger partial charge is 0.481 e. The SMILES string of the molecule is CCSCCC(C)NC1(CC(=O)O)CNC1. The molecule has 1 unspecified atom stereocenters. The van der Waals surface area contributed by atoms with E-state index in [1.165, 1.54) is 0 Å². The molecule has 0 radical (unpaired) electrons. The van der Waals surface area contributed by atoms with Crippen molar-refractivity contribution >= 4 is 17.7 Å². The predicted molar refractivity (Wildman–Crippen MR) is 68.1 cm³/mol. The van der Waals surface area contributed by atoms with Gasteiger partial charge in [0.25, 0.3) is 0 Å². The van der Waals surface area contributed by atoms with Crippen molar-refractivity contribution in [3.8, 4) is 0 Å². The van der Waals surface area contributed by atoms with Crippen molar-refractivity contribution < 1.29 is 9.90 Å². The van der Waals surface area contributed by atoms with E-state index in [1.807, 2.05) is 11.8 Å². The molecule has 94 valence electrons. The van der Waals surface area contributed by atoms with Gasteiger partial charge in [-0.1, -0.05) is 6.92 Å². The Balaban J connectivity index is 2.29. The lowest BCUT2D eigenvalue weighted by Gasteiger charge is -2.44.